The highest BCUT2D eigenvalue weighted by Crippen LogP contribution is 2.28. The van der Waals surface area contributed by atoms with Gasteiger partial charge in [0.05, 0.1) is 5.69 Å². The second kappa shape index (κ2) is 8.63. The molecule has 1 N–H and O–H groups in total. The van der Waals surface area contributed by atoms with E-state index in [4.69, 9.17) is 0 Å². The van der Waals surface area contributed by atoms with Crippen LogP contribution in [0.15, 0.2) is 64.9 Å². The summed E-state index contributed by atoms with van der Waals surface area (Å²) in [6.07, 6.45) is 0.743. The summed E-state index contributed by atoms with van der Waals surface area (Å²) in [6.45, 7) is 0.337. The smallest absolute Gasteiger partial charge is 0.245 e. The molecule has 1 aliphatic rings. The lowest BCUT2D eigenvalue weighted by Crippen LogP contribution is -2.41. The molecular formula is C21H20FN3O3S2. The fourth-order valence-electron chi connectivity index (χ4n) is 3.43. The van der Waals surface area contributed by atoms with Crippen molar-refractivity contribution in [3.8, 4) is 11.3 Å². The van der Waals surface area contributed by atoms with Crippen molar-refractivity contribution >= 4 is 32.4 Å². The first-order valence-corrected chi connectivity index (χ1v) is 11.8. The number of halogens is 1. The number of carbonyl (C=O) groups is 1. The Morgan fingerprint density at radius 3 is 2.43 bits per heavy atom. The van der Waals surface area contributed by atoms with Crippen LogP contribution in [0.4, 0.5) is 9.52 Å². The molecule has 1 aromatic heterocycles. The van der Waals surface area contributed by atoms with E-state index in [9.17, 15) is 17.6 Å². The van der Waals surface area contributed by atoms with Crippen molar-refractivity contribution in [2.24, 2.45) is 5.92 Å². The van der Waals surface area contributed by atoms with Gasteiger partial charge in [-0.05, 0) is 25.0 Å². The maximum absolute atomic E-state index is 13.9. The van der Waals surface area contributed by atoms with E-state index in [1.807, 2.05) is 35.7 Å². The summed E-state index contributed by atoms with van der Waals surface area (Å²) >= 11 is 1.35. The van der Waals surface area contributed by atoms with Crippen LogP contribution in [0, 0.1) is 11.7 Å². The van der Waals surface area contributed by atoms with Crippen molar-refractivity contribution in [3.63, 3.8) is 0 Å². The van der Waals surface area contributed by atoms with Gasteiger partial charge in [-0.25, -0.2) is 17.8 Å². The molecule has 6 nitrogen and oxygen atoms in total. The van der Waals surface area contributed by atoms with Gasteiger partial charge in [0.2, 0.25) is 15.9 Å². The highest BCUT2D eigenvalue weighted by molar-refractivity contribution is 7.89. The van der Waals surface area contributed by atoms with E-state index < -0.39 is 15.8 Å². The molecule has 0 saturated carbocycles. The highest BCUT2D eigenvalue weighted by Gasteiger charge is 2.33. The minimum atomic E-state index is -3.91. The number of nitrogens with one attached hydrogen (secondary N) is 1. The molecule has 4 rings (SSSR count). The number of hydrogen-bond acceptors (Lipinski definition) is 5. The van der Waals surface area contributed by atoms with Gasteiger partial charge in [0.25, 0.3) is 0 Å². The molecule has 1 amide bonds. The van der Waals surface area contributed by atoms with Gasteiger partial charge in [0.1, 0.15) is 10.7 Å². The number of amides is 1. The van der Waals surface area contributed by atoms with E-state index in [-0.39, 0.29) is 29.8 Å². The standard InChI is InChI=1S/C21H20FN3O3S2/c22-17-8-4-5-9-19(17)30(27,28)25-12-10-16(11-13-25)20(26)24-21-23-18(14-29-21)15-6-2-1-3-7-15/h1-9,14,16H,10-13H2,(H,23,24,26). The molecule has 2 heterocycles. The van der Waals surface area contributed by atoms with Crippen LogP contribution < -0.4 is 5.32 Å². The molecule has 2 aromatic carbocycles. The minimum absolute atomic E-state index is 0.169. The third-order valence-corrected chi connectivity index (χ3v) is 7.77. The lowest BCUT2D eigenvalue weighted by Gasteiger charge is -2.30. The third-order valence-electron chi connectivity index (χ3n) is 5.08. The Hall–Kier alpha value is -2.62. The number of carbonyl (C=O) groups excluding carboxylic acids is 1. The van der Waals surface area contributed by atoms with Crippen LogP contribution in [0.2, 0.25) is 0 Å². The summed E-state index contributed by atoms with van der Waals surface area (Å²) in [6, 6.07) is 15.0. The number of thiazole rings is 1. The number of rotatable bonds is 5. The topological polar surface area (TPSA) is 79.4 Å². The Bertz CT molecular complexity index is 1140. The van der Waals surface area contributed by atoms with Gasteiger partial charge in [-0.2, -0.15) is 4.31 Å². The fraction of sp³-hybridized carbons (Fsp3) is 0.238. The molecule has 0 unspecified atom stereocenters. The highest BCUT2D eigenvalue weighted by atomic mass is 32.2. The predicted octanol–water partition coefficient (Wildman–Crippen LogP) is 3.99. The normalized spacial score (nSPS) is 15.8. The second-order valence-corrected chi connectivity index (χ2v) is 9.77. The van der Waals surface area contributed by atoms with Crippen LogP contribution in [-0.2, 0) is 14.8 Å². The van der Waals surface area contributed by atoms with E-state index in [2.05, 4.69) is 10.3 Å². The molecule has 0 atom stereocenters. The van der Waals surface area contributed by atoms with E-state index in [0.717, 1.165) is 17.3 Å². The summed E-state index contributed by atoms with van der Waals surface area (Å²) in [4.78, 5) is 16.7. The zero-order valence-corrected chi connectivity index (χ0v) is 17.6. The summed E-state index contributed by atoms with van der Waals surface area (Å²) in [5, 5.41) is 5.23. The molecule has 9 heteroatoms. The van der Waals surface area contributed by atoms with Gasteiger partial charge < -0.3 is 5.32 Å². The Morgan fingerprint density at radius 2 is 1.73 bits per heavy atom. The molecule has 1 saturated heterocycles. The zero-order valence-electron chi connectivity index (χ0n) is 16.0. The number of sulfonamides is 1. The van der Waals surface area contributed by atoms with Gasteiger partial charge in [-0.15, -0.1) is 11.3 Å². The predicted molar refractivity (Wildman–Crippen MR) is 114 cm³/mol. The first-order chi connectivity index (χ1) is 14.4. The van der Waals surface area contributed by atoms with Crippen LogP contribution in [0.1, 0.15) is 12.8 Å². The number of anilines is 1. The van der Waals surface area contributed by atoms with E-state index in [1.54, 1.807) is 0 Å². The fourth-order valence-corrected chi connectivity index (χ4v) is 5.69. The Morgan fingerprint density at radius 1 is 1.07 bits per heavy atom. The molecular weight excluding hydrogens is 425 g/mol. The van der Waals surface area contributed by atoms with E-state index in [1.165, 1.54) is 33.8 Å². The average molecular weight is 446 g/mol. The Kier molecular flexibility index (Phi) is 5.94. The number of benzene rings is 2. The molecule has 30 heavy (non-hydrogen) atoms. The van der Waals surface area contributed by atoms with E-state index in [0.29, 0.717) is 18.0 Å². The zero-order chi connectivity index (χ0) is 21.1. The van der Waals surface area contributed by atoms with Crippen molar-refractivity contribution < 1.29 is 17.6 Å². The van der Waals surface area contributed by atoms with Crippen molar-refractivity contribution in [2.75, 3.05) is 18.4 Å². The molecule has 0 radical (unpaired) electrons. The lowest BCUT2D eigenvalue weighted by atomic mass is 9.97. The molecule has 0 bridgehead atoms. The Labute approximate surface area is 178 Å². The van der Waals surface area contributed by atoms with Crippen LogP contribution in [0.5, 0.6) is 0 Å². The molecule has 0 aliphatic carbocycles. The minimum Gasteiger partial charge on any atom is -0.302 e. The molecule has 1 aliphatic heterocycles. The van der Waals surface area contributed by atoms with E-state index >= 15 is 0 Å². The van der Waals surface area contributed by atoms with Crippen molar-refractivity contribution in [3.05, 3.63) is 65.8 Å². The number of nitrogens with zero attached hydrogens (tertiary/aromatic N) is 2. The summed E-state index contributed by atoms with van der Waals surface area (Å²) < 4.78 is 40.6. The number of piperidine rings is 1. The van der Waals surface area contributed by atoms with Crippen LogP contribution in [-0.4, -0.2) is 36.7 Å². The first-order valence-electron chi connectivity index (χ1n) is 9.51. The largest absolute Gasteiger partial charge is 0.302 e. The van der Waals surface area contributed by atoms with Crippen LogP contribution in [0.3, 0.4) is 0 Å². The summed E-state index contributed by atoms with van der Waals surface area (Å²) in [7, 11) is -3.91. The quantitative estimate of drug-likeness (QED) is 0.644. The monoisotopic (exact) mass is 445 g/mol. The maximum Gasteiger partial charge on any atom is 0.245 e. The average Bonchev–Trinajstić information content (AvgIpc) is 3.23. The molecule has 3 aromatic rings. The molecule has 0 spiro atoms. The first kappa shape index (κ1) is 20.6. The Balaban J connectivity index is 1.37. The van der Waals surface area contributed by atoms with Gasteiger partial charge in [-0.3, -0.25) is 4.79 Å². The number of aromatic nitrogens is 1. The van der Waals surface area contributed by atoms with Gasteiger partial charge in [-0.1, -0.05) is 42.5 Å². The maximum atomic E-state index is 13.9. The second-order valence-electron chi connectivity index (χ2n) is 7.00. The summed E-state index contributed by atoms with van der Waals surface area (Å²) in [5.41, 5.74) is 1.77. The van der Waals surface area contributed by atoms with Gasteiger partial charge in [0, 0.05) is 30.0 Å². The van der Waals surface area contributed by atoms with Crippen LogP contribution in [0.25, 0.3) is 11.3 Å². The van der Waals surface area contributed by atoms with Gasteiger partial charge in [0.15, 0.2) is 5.13 Å². The molecule has 156 valence electrons. The lowest BCUT2D eigenvalue weighted by molar-refractivity contribution is -0.120. The van der Waals surface area contributed by atoms with Crippen LogP contribution >= 0.6 is 11.3 Å². The van der Waals surface area contributed by atoms with Crippen molar-refractivity contribution in [1.82, 2.24) is 9.29 Å². The van der Waals surface area contributed by atoms with Gasteiger partial charge >= 0.3 is 0 Å². The number of hydrogen-bond donors (Lipinski definition) is 1. The third kappa shape index (κ3) is 4.28. The van der Waals surface area contributed by atoms with Crippen molar-refractivity contribution in [2.45, 2.75) is 17.7 Å². The SMILES string of the molecule is O=C(Nc1nc(-c2ccccc2)cs1)C1CCN(S(=O)(=O)c2ccccc2F)CC1. The van der Waals surface area contributed by atoms with Crippen molar-refractivity contribution in [1.29, 1.82) is 0 Å². The summed E-state index contributed by atoms with van der Waals surface area (Å²) in [5.74, 6) is -1.26. The molecule has 1 fully saturated rings.